The fourth-order valence-corrected chi connectivity index (χ4v) is 3.64. The highest BCUT2D eigenvalue weighted by Gasteiger charge is 2.19. The summed E-state index contributed by atoms with van der Waals surface area (Å²) in [7, 11) is 0. The summed E-state index contributed by atoms with van der Waals surface area (Å²) in [5.41, 5.74) is 1.90. The zero-order valence-corrected chi connectivity index (χ0v) is 13.8. The summed E-state index contributed by atoms with van der Waals surface area (Å²) in [4.78, 5) is 0. The number of nitrogens with one attached hydrogen (secondary N) is 1. The topological polar surface area (TPSA) is 25.2 Å². The van der Waals surface area contributed by atoms with Crippen molar-refractivity contribution in [1.29, 1.82) is 0 Å². The number of furan rings is 1. The predicted molar refractivity (Wildman–Crippen MR) is 88.7 cm³/mol. The molecule has 2 aromatic heterocycles. The molecule has 0 radical (unpaired) electrons. The molecular formula is C15H13FINOS. The first-order valence-corrected chi connectivity index (χ1v) is 8.29. The molecule has 20 heavy (non-hydrogen) atoms. The smallest absolute Gasteiger partial charge is 0.134 e. The second kappa shape index (κ2) is 5.83. The Labute approximate surface area is 134 Å². The lowest BCUT2D eigenvalue weighted by Crippen LogP contribution is -2.20. The van der Waals surface area contributed by atoms with E-state index < -0.39 is 0 Å². The van der Waals surface area contributed by atoms with E-state index in [1.165, 1.54) is 20.6 Å². The van der Waals surface area contributed by atoms with Crippen LogP contribution in [0, 0.1) is 8.70 Å². The highest BCUT2D eigenvalue weighted by Crippen LogP contribution is 2.31. The Morgan fingerprint density at radius 3 is 2.90 bits per heavy atom. The molecule has 104 valence electrons. The maximum atomic E-state index is 13.3. The molecule has 2 heterocycles. The monoisotopic (exact) mass is 401 g/mol. The van der Waals surface area contributed by atoms with Gasteiger partial charge in [-0.25, -0.2) is 4.39 Å². The van der Waals surface area contributed by atoms with Crippen molar-refractivity contribution in [1.82, 2.24) is 5.32 Å². The van der Waals surface area contributed by atoms with E-state index in [1.54, 1.807) is 17.4 Å². The average Bonchev–Trinajstić information content (AvgIpc) is 3.01. The van der Waals surface area contributed by atoms with Crippen molar-refractivity contribution in [3.63, 3.8) is 0 Å². The molecule has 1 aromatic carbocycles. The molecule has 1 unspecified atom stereocenters. The summed E-state index contributed by atoms with van der Waals surface area (Å²) >= 11 is 4.02. The van der Waals surface area contributed by atoms with Gasteiger partial charge in [-0.2, -0.15) is 0 Å². The molecule has 0 aliphatic carbocycles. The summed E-state index contributed by atoms with van der Waals surface area (Å²) in [6.07, 6.45) is 0. The zero-order valence-electron chi connectivity index (χ0n) is 10.8. The lowest BCUT2D eigenvalue weighted by atomic mass is 10.1. The lowest BCUT2D eigenvalue weighted by molar-refractivity contribution is 0.477. The van der Waals surface area contributed by atoms with Crippen LogP contribution in [0.1, 0.15) is 24.3 Å². The van der Waals surface area contributed by atoms with E-state index in [0.29, 0.717) is 5.58 Å². The number of hydrogen-bond acceptors (Lipinski definition) is 3. The van der Waals surface area contributed by atoms with Crippen molar-refractivity contribution >= 4 is 44.9 Å². The first-order chi connectivity index (χ1) is 9.67. The molecule has 0 aliphatic heterocycles. The minimum Gasteiger partial charge on any atom is -0.459 e. The Kier molecular flexibility index (Phi) is 4.09. The number of halogens is 2. The molecule has 3 aromatic rings. The third-order valence-corrected chi connectivity index (χ3v) is 4.92. The van der Waals surface area contributed by atoms with E-state index >= 15 is 0 Å². The van der Waals surface area contributed by atoms with E-state index in [9.17, 15) is 4.39 Å². The Morgan fingerprint density at radius 2 is 2.20 bits per heavy atom. The molecule has 0 saturated carbocycles. The van der Waals surface area contributed by atoms with E-state index in [-0.39, 0.29) is 11.9 Å². The molecular weight excluding hydrogens is 388 g/mol. The molecule has 0 saturated heterocycles. The number of hydrogen-bond donors (Lipinski definition) is 1. The summed E-state index contributed by atoms with van der Waals surface area (Å²) < 4.78 is 20.4. The van der Waals surface area contributed by atoms with Gasteiger partial charge in [-0.15, -0.1) is 11.3 Å². The number of thiophene rings is 1. The van der Waals surface area contributed by atoms with Crippen molar-refractivity contribution in [2.45, 2.75) is 13.0 Å². The van der Waals surface area contributed by atoms with Crippen molar-refractivity contribution in [3.05, 3.63) is 55.7 Å². The van der Waals surface area contributed by atoms with Gasteiger partial charge in [0.25, 0.3) is 0 Å². The van der Waals surface area contributed by atoms with Crippen LogP contribution in [-0.4, -0.2) is 6.54 Å². The van der Waals surface area contributed by atoms with E-state index in [1.807, 2.05) is 6.07 Å². The predicted octanol–water partition coefficient (Wildman–Crippen LogP) is 4.94. The van der Waals surface area contributed by atoms with Crippen LogP contribution in [0.4, 0.5) is 4.39 Å². The first-order valence-electron chi connectivity index (χ1n) is 6.33. The van der Waals surface area contributed by atoms with Gasteiger partial charge in [0.1, 0.15) is 17.2 Å². The molecule has 0 amide bonds. The Morgan fingerprint density at radius 1 is 1.35 bits per heavy atom. The number of benzene rings is 1. The van der Waals surface area contributed by atoms with Crippen LogP contribution >= 0.6 is 33.9 Å². The van der Waals surface area contributed by atoms with Crippen molar-refractivity contribution < 1.29 is 8.81 Å². The molecule has 1 atom stereocenters. The highest BCUT2D eigenvalue weighted by atomic mass is 127. The van der Waals surface area contributed by atoms with Crippen LogP contribution in [0.2, 0.25) is 0 Å². The molecule has 0 spiro atoms. The Balaban J connectivity index is 2.04. The minimum atomic E-state index is -0.241. The van der Waals surface area contributed by atoms with Crippen LogP contribution in [0.15, 0.2) is 40.1 Å². The zero-order chi connectivity index (χ0) is 14.1. The van der Waals surface area contributed by atoms with Crippen LogP contribution in [0.5, 0.6) is 0 Å². The summed E-state index contributed by atoms with van der Waals surface area (Å²) in [5, 5.41) is 6.35. The maximum absolute atomic E-state index is 13.3. The van der Waals surface area contributed by atoms with Gasteiger partial charge in [-0.05, 0) is 70.4 Å². The molecule has 3 rings (SSSR count). The Hall–Kier alpha value is -0.920. The second-order valence-electron chi connectivity index (χ2n) is 4.51. The first kappa shape index (κ1) is 14.0. The summed E-state index contributed by atoms with van der Waals surface area (Å²) in [6.45, 7) is 2.90. The molecule has 0 aliphatic rings. The van der Waals surface area contributed by atoms with E-state index in [2.05, 4.69) is 46.3 Å². The van der Waals surface area contributed by atoms with Gasteiger partial charge in [0.2, 0.25) is 0 Å². The van der Waals surface area contributed by atoms with Crippen LogP contribution in [0.3, 0.4) is 0 Å². The SMILES string of the molecule is CCNC(c1csc(I)c1)c1cc2cc(F)ccc2o1. The van der Waals surface area contributed by atoms with Gasteiger partial charge < -0.3 is 9.73 Å². The Bertz CT molecular complexity index is 736. The maximum Gasteiger partial charge on any atom is 0.134 e. The van der Waals surface area contributed by atoms with E-state index in [4.69, 9.17) is 4.42 Å². The highest BCUT2D eigenvalue weighted by molar-refractivity contribution is 14.1. The van der Waals surface area contributed by atoms with E-state index in [0.717, 1.165) is 17.7 Å². The van der Waals surface area contributed by atoms with Crippen molar-refractivity contribution in [2.75, 3.05) is 6.54 Å². The van der Waals surface area contributed by atoms with Gasteiger partial charge in [0, 0.05) is 5.39 Å². The van der Waals surface area contributed by atoms with Gasteiger partial charge >= 0.3 is 0 Å². The minimum absolute atomic E-state index is 0.00947. The van der Waals surface area contributed by atoms with Crippen LogP contribution in [-0.2, 0) is 0 Å². The molecule has 2 nitrogen and oxygen atoms in total. The van der Waals surface area contributed by atoms with Gasteiger partial charge in [0.05, 0.1) is 8.93 Å². The molecule has 1 N–H and O–H groups in total. The van der Waals surface area contributed by atoms with Gasteiger partial charge in [0.15, 0.2) is 0 Å². The van der Waals surface area contributed by atoms with Crippen LogP contribution < -0.4 is 5.32 Å². The van der Waals surface area contributed by atoms with Crippen LogP contribution in [0.25, 0.3) is 11.0 Å². The summed E-state index contributed by atoms with van der Waals surface area (Å²) in [6, 6.07) is 8.67. The summed E-state index contributed by atoms with van der Waals surface area (Å²) in [5.74, 6) is 0.580. The third-order valence-electron chi connectivity index (χ3n) is 3.11. The quantitative estimate of drug-likeness (QED) is 0.627. The fourth-order valence-electron chi connectivity index (χ4n) is 2.24. The fraction of sp³-hybridized carbons (Fsp3) is 0.200. The number of fused-ring (bicyclic) bond motifs is 1. The van der Waals surface area contributed by atoms with Gasteiger partial charge in [-0.3, -0.25) is 0 Å². The normalized spacial score (nSPS) is 12.9. The molecule has 0 bridgehead atoms. The molecule has 0 fully saturated rings. The van der Waals surface area contributed by atoms with Gasteiger partial charge in [-0.1, -0.05) is 6.92 Å². The average molecular weight is 401 g/mol. The lowest BCUT2D eigenvalue weighted by Gasteiger charge is -2.13. The third kappa shape index (κ3) is 2.75. The second-order valence-corrected chi connectivity index (χ2v) is 7.31. The molecule has 5 heteroatoms. The largest absolute Gasteiger partial charge is 0.459 e. The standard InChI is InChI=1S/C15H13FINOS/c1-2-18-15(10-7-14(17)20-8-10)13-6-9-5-11(16)3-4-12(9)19-13/h3-8,15,18H,2H2,1H3. The number of rotatable bonds is 4. The van der Waals surface area contributed by atoms with Crippen molar-refractivity contribution in [3.8, 4) is 0 Å². The van der Waals surface area contributed by atoms with Crippen molar-refractivity contribution in [2.24, 2.45) is 0 Å².